The standard InChI is InChI=1S/C25H33N/c1-2-3-4-20-11-15-24(16-12-20)25-17-13-22(14-18-25)6-5-21-7-9-23(19-26)10-8-21/h7-10,20,22,24-25H,2-4,11-18H2,1H3/t20-,22-,24-,25-. The quantitative estimate of drug-likeness (QED) is 0.555. The van der Waals surface area contributed by atoms with Gasteiger partial charge in [-0.15, -0.1) is 0 Å². The van der Waals surface area contributed by atoms with Gasteiger partial charge < -0.3 is 0 Å². The molecule has 26 heavy (non-hydrogen) atoms. The van der Waals surface area contributed by atoms with Crippen molar-refractivity contribution < 1.29 is 0 Å². The van der Waals surface area contributed by atoms with Crippen LogP contribution in [-0.2, 0) is 0 Å². The van der Waals surface area contributed by atoms with E-state index in [2.05, 4.69) is 24.8 Å². The molecule has 1 aromatic rings. The first-order valence-corrected chi connectivity index (χ1v) is 10.8. The van der Waals surface area contributed by atoms with Gasteiger partial charge in [-0.1, -0.05) is 50.9 Å². The SMILES string of the molecule is CCCC[C@H]1CC[C@H]([C@H]2CC[C@H](C#Cc3ccc(C#N)cc3)CC2)CC1. The molecule has 0 radical (unpaired) electrons. The number of benzene rings is 1. The fourth-order valence-corrected chi connectivity index (χ4v) is 4.99. The molecule has 2 saturated carbocycles. The second kappa shape index (κ2) is 9.83. The smallest absolute Gasteiger partial charge is 0.0991 e. The molecular formula is C25H33N. The molecule has 1 nitrogen and oxygen atoms in total. The van der Waals surface area contributed by atoms with Crippen LogP contribution in [0.4, 0.5) is 0 Å². The van der Waals surface area contributed by atoms with Crippen LogP contribution in [0.3, 0.4) is 0 Å². The molecule has 2 fully saturated rings. The van der Waals surface area contributed by atoms with Gasteiger partial charge in [-0.3, -0.25) is 0 Å². The summed E-state index contributed by atoms with van der Waals surface area (Å²) in [6.45, 7) is 2.31. The largest absolute Gasteiger partial charge is 0.192 e. The number of rotatable bonds is 4. The van der Waals surface area contributed by atoms with Crippen molar-refractivity contribution in [1.82, 2.24) is 0 Å². The highest BCUT2D eigenvalue weighted by atomic mass is 14.3. The summed E-state index contributed by atoms with van der Waals surface area (Å²) in [6.07, 6.45) is 15.5. The number of hydrogen-bond acceptors (Lipinski definition) is 1. The van der Waals surface area contributed by atoms with Crippen molar-refractivity contribution in [2.24, 2.45) is 23.7 Å². The zero-order valence-electron chi connectivity index (χ0n) is 16.3. The minimum Gasteiger partial charge on any atom is -0.192 e. The lowest BCUT2D eigenvalue weighted by Crippen LogP contribution is -2.25. The van der Waals surface area contributed by atoms with Crippen molar-refractivity contribution in [1.29, 1.82) is 5.26 Å². The van der Waals surface area contributed by atoms with E-state index in [1.54, 1.807) is 0 Å². The van der Waals surface area contributed by atoms with E-state index in [-0.39, 0.29) is 0 Å². The summed E-state index contributed by atoms with van der Waals surface area (Å²) in [5.74, 6) is 10.4. The molecule has 0 unspecified atom stereocenters. The molecule has 0 spiro atoms. The molecule has 0 N–H and O–H groups in total. The van der Waals surface area contributed by atoms with Crippen LogP contribution < -0.4 is 0 Å². The summed E-state index contributed by atoms with van der Waals surface area (Å²) >= 11 is 0. The molecule has 138 valence electrons. The van der Waals surface area contributed by atoms with E-state index in [1.165, 1.54) is 70.6 Å². The minimum absolute atomic E-state index is 0.572. The van der Waals surface area contributed by atoms with Crippen LogP contribution in [0.15, 0.2) is 24.3 Å². The van der Waals surface area contributed by atoms with Gasteiger partial charge in [0.15, 0.2) is 0 Å². The van der Waals surface area contributed by atoms with Crippen LogP contribution in [0.1, 0.15) is 88.7 Å². The third kappa shape index (κ3) is 5.38. The van der Waals surface area contributed by atoms with Crippen LogP contribution in [0.2, 0.25) is 0 Å². The van der Waals surface area contributed by atoms with Crippen LogP contribution in [0, 0.1) is 46.8 Å². The van der Waals surface area contributed by atoms with Gasteiger partial charge in [0.25, 0.3) is 0 Å². The highest BCUT2D eigenvalue weighted by Gasteiger charge is 2.30. The molecule has 0 saturated heterocycles. The van der Waals surface area contributed by atoms with Gasteiger partial charge in [0.05, 0.1) is 11.6 Å². The molecule has 3 rings (SSSR count). The maximum absolute atomic E-state index is 8.86. The molecule has 1 aromatic carbocycles. The van der Waals surface area contributed by atoms with E-state index in [4.69, 9.17) is 5.26 Å². The van der Waals surface area contributed by atoms with Crippen molar-refractivity contribution in [3.05, 3.63) is 35.4 Å². The van der Waals surface area contributed by atoms with Gasteiger partial charge in [-0.25, -0.2) is 0 Å². The van der Waals surface area contributed by atoms with Crippen molar-refractivity contribution >= 4 is 0 Å². The monoisotopic (exact) mass is 347 g/mol. The molecule has 0 aromatic heterocycles. The van der Waals surface area contributed by atoms with Gasteiger partial charge in [-0.05, 0) is 80.5 Å². The Labute approximate surface area is 160 Å². The molecule has 2 aliphatic carbocycles. The summed E-state index contributed by atoms with van der Waals surface area (Å²) in [5, 5.41) is 8.86. The molecular weight excluding hydrogens is 314 g/mol. The van der Waals surface area contributed by atoms with Crippen molar-refractivity contribution in [3.8, 4) is 17.9 Å². The van der Waals surface area contributed by atoms with Gasteiger partial charge in [0.2, 0.25) is 0 Å². The van der Waals surface area contributed by atoms with Crippen LogP contribution in [0.5, 0.6) is 0 Å². The van der Waals surface area contributed by atoms with E-state index in [0.29, 0.717) is 11.5 Å². The average Bonchev–Trinajstić information content (AvgIpc) is 2.72. The summed E-state index contributed by atoms with van der Waals surface area (Å²) in [7, 11) is 0. The molecule has 0 atom stereocenters. The predicted molar refractivity (Wildman–Crippen MR) is 108 cm³/mol. The van der Waals surface area contributed by atoms with E-state index >= 15 is 0 Å². The third-order valence-electron chi connectivity index (χ3n) is 6.73. The maximum atomic E-state index is 8.86. The highest BCUT2D eigenvalue weighted by Crippen LogP contribution is 2.42. The number of hydrogen-bond donors (Lipinski definition) is 0. The third-order valence-corrected chi connectivity index (χ3v) is 6.73. The van der Waals surface area contributed by atoms with Crippen LogP contribution in [-0.4, -0.2) is 0 Å². The van der Waals surface area contributed by atoms with E-state index in [9.17, 15) is 0 Å². The highest BCUT2D eigenvalue weighted by molar-refractivity contribution is 5.40. The molecule has 0 aliphatic heterocycles. The van der Waals surface area contributed by atoms with E-state index in [1.807, 2.05) is 24.3 Å². The number of nitriles is 1. The van der Waals surface area contributed by atoms with Gasteiger partial charge in [0.1, 0.15) is 0 Å². The molecule has 0 bridgehead atoms. The Kier molecular flexibility index (Phi) is 7.20. The number of unbranched alkanes of at least 4 members (excludes halogenated alkanes) is 1. The molecule has 2 aliphatic rings. The summed E-state index contributed by atoms with van der Waals surface area (Å²) < 4.78 is 0. The van der Waals surface area contributed by atoms with Gasteiger partial charge in [-0.2, -0.15) is 5.26 Å². The van der Waals surface area contributed by atoms with E-state index in [0.717, 1.165) is 23.3 Å². The second-order valence-corrected chi connectivity index (χ2v) is 8.49. The first-order chi connectivity index (χ1) is 12.8. The maximum Gasteiger partial charge on any atom is 0.0991 e. The van der Waals surface area contributed by atoms with Crippen LogP contribution in [0.25, 0.3) is 0 Å². The Bertz CT molecular complexity index is 638. The fourth-order valence-electron chi connectivity index (χ4n) is 4.99. The summed E-state index contributed by atoms with van der Waals surface area (Å²) in [5.41, 5.74) is 1.75. The van der Waals surface area contributed by atoms with Crippen molar-refractivity contribution in [2.45, 2.75) is 77.6 Å². The Morgan fingerprint density at radius 3 is 2.00 bits per heavy atom. The molecule has 0 heterocycles. The average molecular weight is 348 g/mol. The van der Waals surface area contributed by atoms with Crippen molar-refractivity contribution in [3.63, 3.8) is 0 Å². The second-order valence-electron chi connectivity index (χ2n) is 8.49. The fraction of sp³-hybridized carbons (Fsp3) is 0.640. The lowest BCUT2D eigenvalue weighted by atomic mass is 9.69. The Balaban J connectivity index is 1.42. The lowest BCUT2D eigenvalue weighted by molar-refractivity contribution is 0.153. The zero-order valence-corrected chi connectivity index (χ0v) is 16.3. The van der Waals surface area contributed by atoms with Crippen LogP contribution >= 0.6 is 0 Å². The zero-order chi connectivity index (χ0) is 18.2. The van der Waals surface area contributed by atoms with Crippen molar-refractivity contribution in [2.75, 3.05) is 0 Å². The first kappa shape index (κ1) is 19.0. The topological polar surface area (TPSA) is 23.8 Å². The Hall–Kier alpha value is -1.73. The predicted octanol–water partition coefficient (Wildman–Crippen LogP) is 6.71. The molecule has 0 amide bonds. The minimum atomic E-state index is 0.572. The number of nitrogens with zero attached hydrogens (tertiary/aromatic N) is 1. The lowest BCUT2D eigenvalue weighted by Gasteiger charge is -2.37. The summed E-state index contributed by atoms with van der Waals surface area (Å²) in [6, 6.07) is 9.81. The first-order valence-electron chi connectivity index (χ1n) is 10.8. The molecule has 1 heteroatoms. The summed E-state index contributed by atoms with van der Waals surface area (Å²) in [4.78, 5) is 0. The van der Waals surface area contributed by atoms with E-state index < -0.39 is 0 Å². The van der Waals surface area contributed by atoms with Gasteiger partial charge in [0, 0.05) is 11.5 Å². The normalized spacial score (nSPS) is 28.6. The van der Waals surface area contributed by atoms with Gasteiger partial charge >= 0.3 is 0 Å². The Morgan fingerprint density at radius 1 is 0.846 bits per heavy atom. The Morgan fingerprint density at radius 2 is 1.42 bits per heavy atom.